The number of hydrogen-bond donors (Lipinski definition) is 2. The number of nitrogens with zero attached hydrogens (tertiary/aromatic N) is 1. The first kappa shape index (κ1) is 21.3. The molecule has 0 spiro atoms. The minimum Gasteiger partial charge on any atom is -0.493 e. The lowest BCUT2D eigenvalue weighted by Crippen LogP contribution is -2.62. The van der Waals surface area contributed by atoms with Gasteiger partial charge >= 0.3 is 0 Å². The Balaban J connectivity index is 1.68. The van der Waals surface area contributed by atoms with Crippen LogP contribution in [-0.2, 0) is 16.6 Å². The lowest BCUT2D eigenvalue weighted by Gasteiger charge is -2.47. The Morgan fingerprint density at radius 2 is 1.93 bits per heavy atom. The van der Waals surface area contributed by atoms with E-state index in [0.29, 0.717) is 10.6 Å². The molecule has 1 aliphatic rings. The van der Waals surface area contributed by atoms with E-state index in [1.807, 2.05) is 0 Å². The summed E-state index contributed by atoms with van der Waals surface area (Å²) in [6, 6.07) is 8.47. The van der Waals surface area contributed by atoms with Gasteiger partial charge in [0.25, 0.3) is 0 Å². The molecule has 1 saturated heterocycles. The molecule has 0 unspecified atom stereocenters. The number of halogens is 3. The van der Waals surface area contributed by atoms with Gasteiger partial charge in [0.05, 0.1) is 23.7 Å². The molecule has 3 N–H and O–H groups in total. The quantitative estimate of drug-likeness (QED) is 0.678. The van der Waals surface area contributed by atoms with E-state index in [0.717, 1.165) is 0 Å². The summed E-state index contributed by atoms with van der Waals surface area (Å²) >= 11 is 11.8. The highest BCUT2D eigenvalue weighted by Gasteiger charge is 2.49. The molecule has 2 aromatic carbocycles. The second-order valence-electron chi connectivity index (χ2n) is 6.75. The number of nitrogens with two attached hydrogens (primary N) is 1. The van der Waals surface area contributed by atoms with Gasteiger partial charge in [0.2, 0.25) is 10.0 Å². The maximum atomic E-state index is 13.8. The van der Waals surface area contributed by atoms with Crippen molar-refractivity contribution in [2.24, 2.45) is 11.1 Å². The summed E-state index contributed by atoms with van der Waals surface area (Å²) in [5.74, 6) is -0.196. The minimum absolute atomic E-state index is 0.0284. The van der Waals surface area contributed by atoms with Crippen molar-refractivity contribution in [1.29, 1.82) is 0 Å². The van der Waals surface area contributed by atoms with E-state index in [9.17, 15) is 17.9 Å². The Morgan fingerprint density at radius 3 is 2.50 bits per heavy atom. The predicted molar refractivity (Wildman–Crippen MR) is 105 cm³/mol. The lowest BCUT2D eigenvalue weighted by atomic mass is 9.83. The standard InChI is InChI=1S/C18H19Cl2FN2O4S/c19-13-2-4-17(15(20)5-13)28(25,26)23-8-18(9-23,10-24)11-27-14-3-1-12(7-22)16(21)6-14/h1-6,24H,7-11,22H2. The molecule has 0 saturated carbocycles. The van der Waals surface area contributed by atoms with E-state index in [1.165, 1.54) is 34.6 Å². The number of aliphatic hydroxyl groups is 1. The zero-order valence-corrected chi connectivity index (χ0v) is 17.1. The molecule has 152 valence electrons. The number of hydrogen-bond acceptors (Lipinski definition) is 5. The zero-order chi connectivity index (χ0) is 20.5. The number of sulfonamides is 1. The van der Waals surface area contributed by atoms with Gasteiger partial charge in [0.1, 0.15) is 16.5 Å². The highest BCUT2D eigenvalue weighted by Crippen LogP contribution is 2.37. The van der Waals surface area contributed by atoms with Gasteiger partial charge in [0.15, 0.2) is 0 Å². The smallest absolute Gasteiger partial charge is 0.244 e. The summed E-state index contributed by atoms with van der Waals surface area (Å²) in [5.41, 5.74) is 5.01. The summed E-state index contributed by atoms with van der Waals surface area (Å²) in [5, 5.41) is 10.1. The number of aliphatic hydroxyl groups excluding tert-OH is 1. The summed E-state index contributed by atoms with van der Waals surface area (Å²) < 4.78 is 46.1. The van der Waals surface area contributed by atoms with Crippen LogP contribution in [0.25, 0.3) is 0 Å². The molecule has 10 heteroatoms. The van der Waals surface area contributed by atoms with Crippen LogP contribution >= 0.6 is 23.2 Å². The highest BCUT2D eigenvalue weighted by atomic mass is 35.5. The van der Waals surface area contributed by atoms with Gasteiger partial charge in [-0.2, -0.15) is 4.31 Å². The Bertz CT molecular complexity index is 982. The Kier molecular flexibility index (Phi) is 6.19. The van der Waals surface area contributed by atoms with Gasteiger partial charge in [-0.1, -0.05) is 29.3 Å². The van der Waals surface area contributed by atoms with Gasteiger partial charge in [-0.25, -0.2) is 12.8 Å². The monoisotopic (exact) mass is 448 g/mol. The van der Waals surface area contributed by atoms with Crippen molar-refractivity contribution in [3.63, 3.8) is 0 Å². The molecule has 6 nitrogen and oxygen atoms in total. The number of ether oxygens (including phenoxy) is 1. The highest BCUT2D eigenvalue weighted by molar-refractivity contribution is 7.89. The molecule has 1 heterocycles. The van der Waals surface area contributed by atoms with Crippen LogP contribution in [0.4, 0.5) is 4.39 Å². The summed E-state index contributed by atoms with van der Waals surface area (Å²) in [6.07, 6.45) is 0. The van der Waals surface area contributed by atoms with Gasteiger partial charge in [-0.3, -0.25) is 0 Å². The zero-order valence-electron chi connectivity index (χ0n) is 14.7. The van der Waals surface area contributed by atoms with Crippen LogP contribution in [-0.4, -0.2) is 44.1 Å². The van der Waals surface area contributed by atoms with E-state index >= 15 is 0 Å². The Labute approximate surface area is 172 Å². The molecular formula is C18H19Cl2FN2O4S. The molecule has 2 aromatic rings. The molecule has 0 bridgehead atoms. The maximum Gasteiger partial charge on any atom is 0.244 e. The third-order valence-electron chi connectivity index (χ3n) is 4.66. The lowest BCUT2D eigenvalue weighted by molar-refractivity contribution is -0.0273. The van der Waals surface area contributed by atoms with E-state index in [1.54, 1.807) is 6.07 Å². The van der Waals surface area contributed by atoms with Crippen LogP contribution in [0.2, 0.25) is 10.0 Å². The van der Waals surface area contributed by atoms with E-state index in [-0.39, 0.29) is 48.5 Å². The summed E-state index contributed by atoms with van der Waals surface area (Å²) in [7, 11) is -3.83. The third-order valence-corrected chi connectivity index (χ3v) is 7.17. The Morgan fingerprint density at radius 1 is 1.21 bits per heavy atom. The second-order valence-corrected chi connectivity index (χ2v) is 9.50. The van der Waals surface area contributed by atoms with Crippen molar-refractivity contribution in [3.05, 3.63) is 57.8 Å². The van der Waals surface area contributed by atoms with E-state index < -0.39 is 21.3 Å². The number of benzene rings is 2. The molecular weight excluding hydrogens is 430 g/mol. The van der Waals surface area contributed by atoms with Crippen LogP contribution < -0.4 is 10.5 Å². The van der Waals surface area contributed by atoms with Gasteiger partial charge in [-0.15, -0.1) is 0 Å². The van der Waals surface area contributed by atoms with Crippen molar-refractivity contribution >= 4 is 33.2 Å². The van der Waals surface area contributed by atoms with Crippen LogP contribution in [0.15, 0.2) is 41.3 Å². The van der Waals surface area contributed by atoms with E-state index in [4.69, 9.17) is 33.7 Å². The average Bonchev–Trinajstić information content (AvgIpc) is 2.60. The summed E-state index contributed by atoms with van der Waals surface area (Å²) in [4.78, 5) is -0.0505. The van der Waals surface area contributed by atoms with Gasteiger partial charge in [-0.05, 0) is 24.3 Å². The first-order valence-electron chi connectivity index (χ1n) is 8.38. The SMILES string of the molecule is NCc1ccc(OCC2(CO)CN(S(=O)(=O)c3ccc(Cl)cc3Cl)C2)cc1F. The Hall–Kier alpha value is -1.42. The van der Waals surface area contributed by atoms with Crippen molar-refractivity contribution in [2.75, 3.05) is 26.3 Å². The molecule has 0 aromatic heterocycles. The average molecular weight is 449 g/mol. The second kappa shape index (κ2) is 8.14. The van der Waals surface area contributed by atoms with Crippen molar-refractivity contribution < 1.29 is 22.7 Å². The van der Waals surface area contributed by atoms with E-state index in [2.05, 4.69) is 0 Å². The molecule has 3 rings (SSSR count). The number of rotatable bonds is 7. The van der Waals surface area contributed by atoms with Crippen molar-refractivity contribution in [3.8, 4) is 5.75 Å². The fraction of sp³-hybridized carbons (Fsp3) is 0.333. The van der Waals surface area contributed by atoms with Crippen LogP contribution in [0.1, 0.15) is 5.56 Å². The third kappa shape index (κ3) is 4.12. The fourth-order valence-corrected chi connectivity index (χ4v) is 5.36. The van der Waals surface area contributed by atoms with Crippen LogP contribution in [0, 0.1) is 11.2 Å². The van der Waals surface area contributed by atoms with Crippen molar-refractivity contribution in [2.45, 2.75) is 11.4 Å². The van der Waals surface area contributed by atoms with Gasteiger partial charge in [0, 0.05) is 36.3 Å². The van der Waals surface area contributed by atoms with Crippen LogP contribution in [0.5, 0.6) is 5.75 Å². The molecule has 0 radical (unpaired) electrons. The van der Waals surface area contributed by atoms with Crippen LogP contribution in [0.3, 0.4) is 0 Å². The van der Waals surface area contributed by atoms with Gasteiger partial charge < -0.3 is 15.6 Å². The fourth-order valence-electron chi connectivity index (χ4n) is 2.95. The molecule has 28 heavy (non-hydrogen) atoms. The largest absolute Gasteiger partial charge is 0.493 e. The molecule has 1 aliphatic heterocycles. The first-order chi connectivity index (χ1) is 13.2. The first-order valence-corrected chi connectivity index (χ1v) is 10.6. The minimum atomic E-state index is -3.83. The normalized spacial score (nSPS) is 16.6. The summed E-state index contributed by atoms with van der Waals surface area (Å²) in [6.45, 7) is -0.0723. The predicted octanol–water partition coefficient (Wildman–Crippen LogP) is 2.65. The molecule has 0 amide bonds. The molecule has 0 aliphatic carbocycles. The maximum absolute atomic E-state index is 13.8. The molecule has 0 atom stereocenters. The topological polar surface area (TPSA) is 92.9 Å². The van der Waals surface area contributed by atoms with Crippen molar-refractivity contribution in [1.82, 2.24) is 4.31 Å². The molecule has 1 fully saturated rings.